The molecule has 124 valence electrons. The molecule has 2 fully saturated rings. The van der Waals surface area contributed by atoms with E-state index in [-0.39, 0.29) is 23.0 Å². The normalized spacial score (nSPS) is 23.5. The Morgan fingerprint density at radius 3 is 2.83 bits per heavy atom. The predicted octanol–water partition coefficient (Wildman–Crippen LogP) is 2.69. The lowest BCUT2D eigenvalue weighted by Crippen LogP contribution is -2.34. The smallest absolute Gasteiger partial charge is 0.289 e. The van der Waals surface area contributed by atoms with Gasteiger partial charge in [-0.15, -0.1) is 0 Å². The molecule has 0 aliphatic carbocycles. The minimum Gasteiger partial charge on any atom is -0.459 e. The summed E-state index contributed by atoms with van der Waals surface area (Å²) < 4.78 is 18.6. The van der Waals surface area contributed by atoms with Crippen molar-refractivity contribution in [2.45, 2.75) is 12.8 Å². The van der Waals surface area contributed by atoms with Gasteiger partial charge in [0.2, 0.25) is 5.91 Å². The summed E-state index contributed by atoms with van der Waals surface area (Å²) in [5, 5.41) is 0. The zero-order chi connectivity index (χ0) is 16.7. The fourth-order valence-electron chi connectivity index (χ4n) is 3.71. The molecule has 2 aliphatic rings. The molecule has 0 unspecified atom stereocenters. The summed E-state index contributed by atoms with van der Waals surface area (Å²) in [6, 6.07) is 9.40. The van der Waals surface area contributed by atoms with Gasteiger partial charge in [-0.05, 0) is 36.8 Å². The molecule has 5 nitrogen and oxygen atoms in total. The van der Waals surface area contributed by atoms with Crippen molar-refractivity contribution in [1.82, 2.24) is 4.90 Å². The maximum atomic E-state index is 13.4. The van der Waals surface area contributed by atoms with E-state index in [4.69, 9.17) is 4.42 Å². The third-order valence-corrected chi connectivity index (χ3v) is 4.90. The fourth-order valence-corrected chi connectivity index (χ4v) is 3.71. The molecule has 1 aromatic carbocycles. The zero-order valence-corrected chi connectivity index (χ0v) is 13.1. The lowest BCUT2D eigenvalue weighted by atomic mass is 9.86. The van der Waals surface area contributed by atoms with Crippen LogP contribution in [0.25, 0.3) is 0 Å². The molecule has 4 rings (SSSR count). The standard InChI is InChI=1S/C18H17FN2O3/c19-13-3-1-4-14(9-13)21-12-18(10-16(21)22)6-7-20(11-18)17(23)15-5-2-8-24-15/h1-5,8-9H,6-7,10-12H2/t18-/m1/s1. The highest BCUT2D eigenvalue weighted by Crippen LogP contribution is 2.42. The van der Waals surface area contributed by atoms with Gasteiger partial charge in [-0.3, -0.25) is 9.59 Å². The average molecular weight is 328 g/mol. The predicted molar refractivity (Wildman–Crippen MR) is 85.0 cm³/mol. The summed E-state index contributed by atoms with van der Waals surface area (Å²) in [7, 11) is 0. The van der Waals surface area contributed by atoms with Crippen LogP contribution in [0.15, 0.2) is 47.1 Å². The summed E-state index contributed by atoms with van der Waals surface area (Å²) in [6.07, 6.45) is 2.62. The fraction of sp³-hybridized carbons (Fsp3) is 0.333. The zero-order valence-electron chi connectivity index (χ0n) is 13.1. The van der Waals surface area contributed by atoms with Crippen molar-refractivity contribution >= 4 is 17.5 Å². The molecule has 24 heavy (non-hydrogen) atoms. The molecular weight excluding hydrogens is 311 g/mol. The Hall–Kier alpha value is -2.63. The van der Waals surface area contributed by atoms with Crippen LogP contribution in [0.1, 0.15) is 23.4 Å². The van der Waals surface area contributed by atoms with Gasteiger partial charge >= 0.3 is 0 Å². The van der Waals surface area contributed by atoms with Crippen LogP contribution in [0, 0.1) is 11.2 Å². The number of hydrogen-bond donors (Lipinski definition) is 0. The van der Waals surface area contributed by atoms with Crippen LogP contribution in [-0.4, -0.2) is 36.3 Å². The van der Waals surface area contributed by atoms with Gasteiger partial charge in [0.15, 0.2) is 5.76 Å². The number of carbonyl (C=O) groups excluding carboxylic acids is 2. The number of carbonyl (C=O) groups is 2. The second-order valence-electron chi connectivity index (χ2n) is 6.59. The highest BCUT2D eigenvalue weighted by molar-refractivity contribution is 5.97. The van der Waals surface area contributed by atoms with E-state index in [0.717, 1.165) is 6.42 Å². The van der Waals surface area contributed by atoms with Gasteiger partial charge in [-0.25, -0.2) is 4.39 Å². The first-order valence-corrected chi connectivity index (χ1v) is 7.95. The number of benzene rings is 1. The molecule has 0 radical (unpaired) electrons. The molecule has 1 atom stereocenters. The van der Waals surface area contributed by atoms with Gasteiger partial charge in [0.25, 0.3) is 5.91 Å². The Balaban J connectivity index is 1.51. The SMILES string of the molecule is O=C(c1ccco1)N1CC[C@@]2(CC(=O)N(c3cccc(F)c3)C2)C1. The summed E-state index contributed by atoms with van der Waals surface area (Å²) in [5.74, 6) is -0.206. The molecule has 2 saturated heterocycles. The third-order valence-electron chi connectivity index (χ3n) is 4.90. The summed E-state index contributed by atoms with van der Waals surface area (Å²) in [5.41, 5.74) is 0.318. The third kappa shape index (κ3) is 2.48. The van der Waals surface area contributed by atoms with E-state index in [1.807, 2.05) is 0 Å². The maximum absolute atomic E-state index is 13.4. The van der Waals surface area contributed by atoms with E-state index >= 15 is 0 Å². The highest BCUT2D eigenvalue weighted by Gasteiger charge is 2.49. The number of nitrogens with zero attached hydrogens (tertiary/aromatic N) is 2. The molecular formula is C18H17FN2O3. The van der Waals surface area contributed by atoms with E-state index in [1.165, 1.54) is 18.4 Å². The van der Waals surface area contributed by atoms with Gasteiger partial charge in [-0.2, -0.15) is 0 Å². The largest absolute Gasteiger partial charge is 0.459 e. The van der Waals surface area contributed by atoms with Crippen molar-refractivity contribution in [2.75, 3.05) is 24.5 Å². The Morgan fingerprint density at radius 2 is 2.08 bits per heavy atom. The van der Waals surface area contributed by atoms with Gasteiger partial charge in [-0.1, -0.05) is 6.07 Å². The van der Waals surface area contributed by atoms with Gasteiger partial charge < -0.3 is 14.2 Å². The molecule has 0 saturated carbocycles. The second-order valence-corrected chi connectivity index (χ2v) is 6.59. The topological polar surface area (TPSA) is 53.8 Å². The number of furan rings is 1. The van der Waals surface area contributed by atoms with Crippen LogP contribution in [0.3, 0.4) is 0 Å². The van der Waals surface area contributed by atoms with E-state index < -0.39 is 0 Å². The van der Waals surface area contributed by atoms with Crippen molar-refractivity contribution in [1.29, 1.82) is 0 Å². The first-order valence-electron chi connectivity index (χ1n) is 7.95. The minimum atomic E-state index is -0.359. The Bertz CT molecular complexity index is 789. The first kappa shape index (κ1) is 14.9. The van der Waals surface area contributed by atoms with E-state index in [1.54, 1.807) is 34.1 Å². The molecule has 3 heterocycles. The van der Waals surface area contributed by atoms with Crippen LogP contribution in [0.2, 0.25) is 0 Å². The molecule has 2 amide bonds. The van der Waals surface area contributed by atoms with Crippen LogP contribution in [0.5, 0.6) is 0 Å². The first-order chi connectivity index (χ1) is 11.6. The molecule has 1 spiro atoms. The van der Waals surface area contributed by atoms with Crippen molar-refractivity contribution in [2.24, 2.45) is 5.41 Å². The summed E-state index contributed by atoms with van der Waals surface area (Å²) >= 11 is 0. The lowest BCUT2D eigenvalue weighted by molar-refractivity contribution is -0.117. The van der Waals surface area contributed by atoms with Crippen molar-refractivity contribution in [3.05, 3.63) is 54.2 Å². The van der Waals surface area contributed by atoms with Crippen LogP contribution >= 0.6 is 0 Å². The van der Waals surface area contributed by atoms with Gasteiger partial charge in [0.1, 0.15) is 5.82 Å². The Kier molecular flexibility index (Phi) is 3.40. The second kappa shape index (κ2) is 5.47. The van der Waals surface area contributed by atoms with E-state index in [0.29, 0.717) is 37.5 Å². The molecule has 2 aliphatic heterocycles. The number of amides is 2. The van der Waals surface area contributed by atoms with Gasteiger partial charge in [0, 0.05) is 37.2 Å². The van der Waals surface area contributed by atoms with Crippen LogP contribution in [0.4, 0.5) is 10.1 Å². The van der Waals surface area contributed by atoms with E-state index in [9.17, 15) is 14.0 Å². The highest BCUT2D eigenvalue weighted by atomic mass is 19.1. The number of anilines is 1. The van der Waals surface area contributed by atoms with Crippen LogP contribution in [-0.2, 0) is 4.79 Å². The van der Waals surface area contributed by atoms with E-state index in [2.05, 4.69) is 0 Å². The minimum absolute atomic E-state index is 0.0205. The Labute approximate surface area is 138 Å². The van der Waals surface area contributed by atoms with Crippen LogP contribution < -0.4 is 4.90 Å². The molecule has 0 bridgehead atoms. The number of hydrogen-bond acceptors (Lipinski definition) is 3. The molecule has 1 aromatic heterocycles. The van der Waals surface area contributed by atoms with Gasteiger partial charge in [0.05, 0.1) is 6.26 Å². The molecule has 6 heteroatoms. The summed E-state index contributed by atoms with van der Waals surface area (Å²) in [6.45, 7) is 1.63. The quantitative estimate of drug-likeness (QED) is 0.852. The monoisotopic (exact) mass is 328 g/mol. The Morgan fingerprint density at radius 1 is 1.21 bits per heavy atom. The number of rotatable bonds is 2. The maximum Gasteiger partial charge on any atom is 0.289 e. The van der Waals surface area contributed by atoms with Crippen molar-refractivity contribution < 1.29 is 18.4 Å². The molecule has 2 aromatic rings. The van der Waals surface area contributed by atoms with Crippen molar-refractivity contribution in [3.8, 4) is 0 Å². The lowest BCUT2D eigenvalue weighted by Gasteiger charge is -2.24. The average Bonchev–Trinajstić information content (AvgIpc) is 3.28. The summed E-state index contributed by atoms with van der Waals surface area (Å²) in [4.78, 5) is 28.2. The molecule has 0 N–H and O–H groups in total. The number of likely N-dealkylation sites (tertiary alicyclic amines) is 1. The van der Waals surface area contributed by atoms with Crippen molar-refractivity contribution in [3.63, 3.8) is 0 Å². The number of halogens is 1.